The molecule has 0 aliphatic carbocycles. The topological polar surface area (TPSA) is 73.4 Å². The number of amides is 1. The van der Waals surface area contributed by atoms with Crippen molar-refractivity contribution in [2.24, 2.45) is 12.8 Å². The normalized spacial score (nSPS) is 19.6. The van der Waals surface area contributed by atoms with Gasteiger partial charge in [0.05, 0.1) is 5.52 Å². The number of carbonyl (C=O) groups is 1. The van der Waals surface area contributed by atoms with Crippen molar-refractivity contribution >= 4 is 17.1 Å². The number of likely N-dealkylation sites (tertiary alicyclic amines) is 1. The Labute approximate surface area is 117 Å². The standard InChI is InChI=1S/C14H18N4O2/c1-17-7-6-9(8-17)13-16-12-10(18(13)2)4-3-5-11(12)20-14(15)19/h3-5,9H,6-8H2,1-2H3,(H2,15,19). The number of imidazole rings is 1. The van der Waals surface area contributed by atoms with Gasteiger partial charge >= 0.3 is 6.09 Å². The maximum Gasteiger partial charge on any atom is 0.410 e. The van der Waals surface area contributed by atoms with E-state index < -0.39 is 6.09 Å². The fraction of sp³-hybridized carbons (Fsp3) is 0.429. The summed E-state index contributed by atoms with van der Waals surface area (Å²) in [6.45, 7) is 2.09. The predicted octanol–water partition coefficient (Wildman–Crippen LogP) is 1.45. The monoisotopic (exact) mass is 274 g/mol. The molecule has 1 aromatic heterocycles. The number of nitrogens with zero attached hydrogens (tertiary/aromatic N) is 3. The van der Waals surface area contributed by atoms with Crippen LogP contribution < -0.4 is 10.5 Å². The van der Waals surface area contributed by atoms with Crippen molar-refractivity contribution < 1.29 is 9.53 Å². The second-order valence-corrected chi connectivity index (χ2v) is 5.32. The molecular formula is C14H18N4O2. The van der Waals surface area contributed by atoms with Crippen LogP contribution in [0.25, 0.3) is 11.0 Å². The Morgan fingerprint density at radius 3 is 2.90 bits per heavy atom. The van der Waals surface area contributed by atoms with E-state index in [1.165, 1.54) is 0 Å². The highest BCUT2D eigenvalue weighted by molar-refractivity contribution is 5.85. The smallest absolute Gasteiger partial charge is 0.408 e. The predicted molar refractivity (Wildman–Crippen MR) is 75.8 cm³/mol. The van der Waals surface area contributed by atoms with Crippen LogP contribution in [0.1, 0.15) is 18.2 Å². The minimum atomic E-state index is -0.815. The SMILES string of the molecule is CN1CCC(c2nc3c(OC(N)=O)cccc3n2C)C1. The number of hydrogen-bond donors (Lipinski definition) is 1. The Balaban J connectivity index is 2.07. The van der Waals surface area contributed by atoms with E-state index in [2.05, 4.69) is 21.5 Å². The quantitative estimate of drug-likeness (QED) is 0.899. The third-order valence-electron chi connectivity index (χ3n) is 3.88. The highest BCUT2D eigenvalue weighted by Crippen LogP contribution is 2.31. The summed E-state index contributed by atoms with van der Waals surface area (Å²) in [5.41, 5.74) is 6.74. The van der Waals surface area contributed by atoms with E-state index in [1.54, 1.807) is 6.07 Å². The van der Waals surface area contributed by atoms with Gasteiger partial charge in [0.25, 0.3) is 0 Å². The molecule has 1 fully saturated rings. The van der Waals surface area contributed by atoms with E-state index in [1.807, 2.05) is 19.2 Å². The zero-order valence-corrected chi connectivity index (χ0v) is 11.7. The lowest BCUT2D eigenvalue weighted by Gasteiger charge is -2.10. The number of ether oxygens (including phenoxy) is 1. The number of likely N-dealkylation sites (N-methyl/N-ethyl adjacent to an activating group) is 1. The second kappa shape index (κ2) is 4.79. The molecule has 1 atom stereocenters. The molecule has 0 spiro atoms. The molecule has 2 heterocycles. The summed E-state index contributed by atoms with van der Waals surface area (Å²) < 4.78 is 7.11. The van der Waals surface area contributed by atoms with E-state index in [4.69, 9.17) is 10.5 Å². The van der Waals surface area contributed by atoms with Gasteiger partial charge in [-0.25, -0.2) is 9.78 Å². The first-order chi connectivity index (χ1) is 9.56. The Hall–Kier alpha value is -2.08. The van der Waals surface area contributed by atoms with Crippen LogP contribution >= 0.6 is 0 Å². The molecule has 20 heavy (non-hydrogen) atoms. The van der Waals surface area contributed by atoms with Crippen LogP contribution in [0.15, 0.2) is 18.2 Å². The summed E-state index contributed by atoms with van der Waals surface area (Å²) in [4.78, 5) is 17.9. The number of para-hydroxylation sites is 1. The van der Waals surface area contributed by atoms with Crippen LogP contribution in [-0.2, 0) is 7.05 Å². The molecule has 1 aliphatic heterocycles. The minimum Gasteiger partial charge on any atom is -0.408 e. The van der Waals surface area contributed by atoms with Crippen molar-refractivity contribution in [1.29, 1.82) is 0 Å². The van der Waals surface area contributed by atoms with E-state index >= 15 is 0 Å². The molecule has 1 amide bonds. The highest BCUT2D eigenvalue weighted by Gasteiger charge is 2.26. The lowest BCUT2D eigenvalue weighted by molar-refractivity contribution is 0.211. The number of rotatable bonds is 2. The zero-order valence-electron chi connectivity index (χ0n) is 11.7. The Kier molecular flexibility index (Phi) is 3.10. The summed E-state index contributed by atoms with van der Waals surface area (Å²) >= 11 is 0. The molecule has 2 aromatic rings. The molecule has 3 rings (SSSR count). The number of nitrogens with two attached hydrogens (primary N) is 1. The average Bonchev–Trinajstić information content (AvgIpc) is 2.95. The van der Waals surface area contributed by atoms with Crippen molar-refractivity contribution in [1.82, 2.24) is 14.5 Å². The summed E-state index contributed by atoms with van der Waals surface area (Å²) in [6, 6.07) is 5.52. The van der Waals surface area contributed by atoms with Crippen molar-refractivity contribution in [2.75, 3.05) is 20.1 Å². The van der Waals surface area contributed by atoms with Gasteiger partial charge in [-0.1, -0.05) is 6.07 Å². The zero-order chi connectivity index (χ0) is 14.3. The average molecular weight is 274 g/mol. The third-order valence-corrected chi connectivity index (χ3v) is 3.88. The molecule has 1 aromatic carbocycles. The number of primary amides is 1. The van der Waals surface area contributed by atoms with Gasteiger partial charge in [0.1, 0.15) is 11.3 Å². The summed E-state index contributed by atoms with van der Waals surface area (Å²) in [6.07, 6.45) is 0.282. The van der Waals surface area contributed by atoms with E-state index in [0.29, 0.717) is 17.2 Å². The first-order valence-corrected chi connectivity index (χ1v) is 6.67. The van der Waals surface area contributed by atoms with Gasteiger partial charge in [-0.05, 0) is 32.1 Å². The van der Waals surface area contributed by atoms with E-state index in [9.17, 15) is 4.79 Å². The highest BCUT2D eigenvalue weighted by atomic mass is 16.5. The molecule has 1 unspecified atom stereocenters. The van der Waals surface area contributed by atoms with E-state index in [0.717, 1.165) is 30.9 Å². The van der Waals surface area contributed by atoms with Crippen molar-refractivity contribution in [3.8, 4) is 5.75 Å². The molecule has 6 heteroatoms. The first kappa shape index (κ1) is 12.9. The third kappa shape index (κ3) is 2.12. The Bertz CT molecular complexity index is 664. The van der Waals surface area contributed by atoms with Gasteiger partial charge in [-0.15, -0.1) is 0 Å². The van der Waals surface area contributed by atoms with Crippen LogP contribution in [-0.4, -0.2) is 40.7 Å². The van der Waals surface area contributed by atoms with Crippen molar-refractivity contribution in [3.05, 3.63) is 24.0 Å². The lowest BCUT2D eigenvalue weighted by Crippen LogP contribution is -2.16. The fourth-order valence-electron chi connectivity index (χ4n) is 2.91. The van der Waals surface area contributed by atoms with Gasteiger partial charge in [-0.3, -0.25) is 0 Å². The molecular weight excluding hydrogens is 256 g/mol. The summed E-state index contributed by atoms with van der Waals surface area (Å²) in [5, 5.41) is 0. The molecule has 0 bridgehead atoms. The van der Waals surface area contributed by atoms with Gasteiger partial charge in [0.2, 0.25) is 0 Å². The maximum absolute atomic E-state index is 11.0. The van der Waals surface area contributed by atoms with Gasteiger partial charge in [0.15, 0.2) is 5.75 Å². The van der Waals surface area contributed by atoms with Crippen molar-refractivity contribution in [2.45, 2.75) is 12.3 Å². The summed E-state index contributed by atoms with van der Waals surface area (Å²) in [5.74, 6) is 1.87. The van der Waals surface area contributed by atoms with Crippen LogP contribution in [0.2, 0.25) is 0 Å². The molecule has 1 aliphatic rings. The van der Waals surface area contributed by atoms with Crippen LogP contribution in [0, 0.1) is 0 Å². The maximum atomic E-state index is 11.0. The number of hydrogen-bond acceptors (Lipinski definition) is 4. The molecule has 0 saturated carbocycles. The molecule has 106 valence electrons. The van der Waals surface area contributed by atoms with Crippen LogP contribution in [0.4, 0.5) is 4.79 Å². The van der Waals surface area contributed by atoms with Crippen molar-refractivity contribution in [3.63, 3.8) is 0 Å². The molecule has 2 N–H and O–H groups in total. The number of aromatic nitrogens is 2. The van der Waals surface area contributed by atoms with Gasteiger partial charge in [-0.2, -0.15) is 0 Å². The molecule has 6 nitrogen and oxygen atoms in total. The molecule has 0 radical (unpaired) electrons. The Morgan fingerprint density at radius 1 is 1.45 bits per heavy atom. The van der Waals surface area contributed by atoms with E-state index in [-0.39, 0.29) is 0 Å². The number of carbonyl (C=O) groups excluding carboxylic acids is 1. The second-order valence-electron chi connectivity index (χ2n) is 5.32. The Morgan fingerprint density at radius 2 is 2.25 bits per heavy atom. The lowest BCUT2D eigenvalue weighted by atomic mass is 10.1. The first-order valence-electron chi connectivity index (χ1n) is 6.67. The van der Waals surface area contributed by atoms with Crippen LogP contribution in [0.5, 0.6) is 5.75 Å². The van der Waals surface area contributed by atoms with Gasteiger partial charge in [0, 0.05) is 19.5 Å². The summed E-state index contributed by atoms with van der Waals surface area (Å²) in [7, 11) is 4.11. The molecule has 1 saturated heterocycles. The van der Waals surface area contributed by atoms with Crippen LogP contribution in [0.3, 0.4) is 0 Å². The number of benzene rings is 1. The fourth-order valence-corrected chi connectivity index (χ4v) is 2.91. The van der Waals surface area contributed by atoms with Gasteiger partial charge < -0.3 is 19.9 Å². The largest absolute Gasteiger partial charge is 0.410 e. The number of aryl methyl sites for hydroxylation is 1. The number of fused-ring (bicyclic) bond motifs is 1. The minimum absolute atomic E-state index is 0.416.